The van der Waals surface area contributed by atoms with Gasteiger partial charge in [-0.05, 0) is 74.2 Å². The summed E-state index contributed by atoms with van der Waals surface area (Å²) in [6.07, 6.45) is 5.65. The molecule has 2 atom stereocenters. The summed E-state index contributed by atoms with van der Waals surface area (Å²) in [5.41, 5.74) is 0.538. The lowest BCUT2D eigenvalue weighted by Crippen LogP contribution is -2.37. The monoisotopic (exact) mass is 251 g/mol. The van der Waals surface area contributed by atoms with Gasteiger partial charge in [0.15, 0.2) is 0 Å². The summed E-state index contributed by atoms with van der Waals surface area (Å²) in [6.45, 7) is 1.05. The van der Waals surface area contributed by atoms with Crippen LogP contribution >= 0.6 is 0 Å². The Kier molecular flexibility index (Phi) is 3.33. The molecule has 2 aliphatic rings. The van der Waals surface area contributed by atoms with Crippen molar-refractivity contribution in [2.45, 2.75) is 38.1 Å². The fourth-order valence-electron chi connectivity index (χ4n) is 2.76. The van der Waals surface area contributed by atoms with E-state index in [-0.39, 0.29) is 11.6 Å². The zero-order valence-electron chi connectivity index (χ0n) is 10.5. The van der Waals surface area contributed by atoms with E-state index >= 15 is 0 Å². The molecule has 18 heavy (non-hydrogen) atoms. The minimum Gasteiger partial charge on any atom is -0.314 e. The number of halogens is 2. The minimum atomic E-state index is -0.335. The molecule has 1 aromatic carbocycles. The molecule has 2 unspecified atom stereocenters. The maximum atomic E-state index is 13.6. The molecule has 0 amide bonds. The summed E-state index contributed by atoms with van der Waals surface area (Å²) < 4.78 is 26.7. The second kappa shape index (κ2) is 4.96. The molecule has 1 aromatic rings. The van der Waals surface area contributed by atoms with E-state index in [9.17, 15) is 8.78 Å². The van der Waals surface area contributed by atoms with Crippen LogP contribution in [-0.4, -0.2) is 12.6 Å². The van der Waals surface area contributed by atoms with Gasteiger partial charge in [-0.2, -0.15) is 0 Å². The molecule has 0 bridgehead atoms. The quantitative estimate of drug-likeness (QED) is 0.846. The van der Waals surface area contributed by atoms with Gasteiger partial charge >= 0.3 is 0 Å². The number of hydrogen-bond donors (Lipinski definition) is 1. The molecule has 1 N–H and O–H groups in total. The van der Waals surface area contributed by atoms with Crippen molar-refractivity contribution in [3.05, 3.63) is 35.4 Å². The molecular formula is C15H19F2N. The average molecular weight is 251 g/mol. The standard InChI is InChI=1S/C15H19F2N/c16-13-3-6-15(17)12(8-13)7-10-1-2-11(10)9-18-14-4-5-14/h3,6,8,10-11,14,18H,1-2,4-5,7,9H2. The van der Waals surface area contributed by atoms with Crippen LogP contribution in [0, 0.1) is 23.5 Å². The fourth-order valence-corrected chi connectivity index (χ4v) is 2.76. The predicted molar refractivity (Wildman–Crippen MR) is 67.3 cm³/mol. The minimum absolute atomic E-state index is 0.266. The molecule has 0 saturated heterocycles. The van der Waals surface area contributed by atoms with E-state index in [1.165, 1.54) is 37.5 Å². The molecule has 0 heterocycles. The molecule has 0 spiro atoms. The van der Waals surface area contributed by atoms with Crippen molar-refractivity contribution in [2.24, 2.45) is 11.8 Å². The van der Waals surface area contributed by atoms with Crippen LogP contribution in [0.2, 0.25) is 0 Å². The van der Waals surface area contributed by atoms with E-state index in [0.29, 0.717) is 23.8 Å². The lowest BCUT2D eigenvalue weighted by Gasteiger charge is -2.37. The normalized spacial score (nSPS) is 27.0. The Hall–Kier alpha value is -0.960. The van der Waals surface area contributed by atoms with E-state index < -0.39 is 0 Å². The van der Waals surface area contributed by atoms with Gasteiger partial charge in [-0.25, -0.2) is 8.78 Å². The number of hydrogen-bond acceptors (Lipinski definition) is 1. The van der Waals surface area contributed by atoms with Crippen LogP contribution in [0.5, 0.6) is 0 Å². The summed E-state index contributed by atoms with van der Waals surface area (Å²) in [6, 6.07) is 4.50. The van der Waals surface area contributed by atoms with Gasteiger partial charge in [0.25, 0.3) is 0 Å². The number of rotatable bonds is 5. The van der Waals surface area contributed by atoms with Gasteiger partial charge in [0.1, 0.15) is 11.6 Å². The average Bonchev–Trinajstić information content (AvgIpc) is 3.13. The first-order chi connectivity index (χ1) is 8.72. The maximum Gasteiger partial charge on any atom is 0.126 e. The van der Waals surface area contributed by atoms with Crippen LogP contribution in [0.1, 0.15) is 31.2 Å². The smallest absolute Gasteiger partial charge is 0.126 e. The molecule has 2 saturated carbocycles. The zero-order chi connectivity index (χ0) is 12.5. The third-order valence-corrected chi connectivity index (χ3v) is 4.31. The third kappa shape index (κ3) is 2.72. The van der Waals surface area contributed by atoms with Gasteiger partial charge in [-0.1, -0.05) is 0 Å². The van der Waals surface area contributed by atoms with Crippen LogP contribution in [0.3, 0.4) is 0 Å². The zero-order valence-corrected chi connectivity index (χ0v) is 10.5. The van der Waals surface area contributed by atoms with E-state index in [2.05, 4.69) is 5.32 Å². The number of benzene rings is 1. The Morgan fingerprint density at radius 3 is 2.50 bits per heavy atom. The van der Waals surface area contributed by atoms with Crippen molar-refractivity contribution in [1.29, 1.82) is 0 Å². The summed E-state index contributed by atoms with van der Waals surface area (Å²) >= 11 is 0. The molecule has 2 fully saturated rings. The second-order valence-corrected chi connectivity index (χ2v) is 5.72. The summed E-state index contributed by atoms with van der Waals surface area (Å²) in [7, 11) is 0. The maximum absolute atomic E-state index is 13.6. The molecule has 0 aliphatic heterocycles. The Morgan fingerprint density at radius 1 is 1.06 bits per heavy atom. The lowest BCUT2D eigenvalue weighted by atomic mass is 9.70. The van der Waals surface area contributed by atoms with E-state index in [1.54, 1.807) is 0 Å². The van der Waals surface area contributed by atoms with E-state index in [1.807, 2.05) is 0 Å². The van der Waals surface area contributed by atoms with Crippen molar-refractivity contribution in [3.8, 4) is 0 Å². The van der Waals surface area contributed by atoms with Gasteiger partial charge in [-0.3, -0.25) is 0 Å². The van der Waals surface area contributed by atoms with Crippen LogP contribution < -0.4 is 5.32 Å². The Bertz CT molecular complexity index is 429. The van der Waals surface area contributed by atoms with E-state index in [0.717, 1.165) is 19.0 Å². The Labute approximate surface area is 107 Å². The van der Waals surface area contributed by atoms with Crippen LogP contribution in [0.15, 0.2) is 18.2 Å². The van der Waals surface area contributed by atoms with Crippen LogP contribution in [-0.2, 0) is 6.42 Å². The first-order valence-electron chi connectivity index (χ1n) is 6.89. The van der Waals surface area contributed by atoms with E-state index in [4.69, 9.17) is 0 Å². The topological polar surface area (TPSA) is 12.0 Å². The summed E-state index contributed by atoms with van der Waals surface area (Å²) in [5, 5.41) is 3.53. The van der Waals surface area contributed by atoms with Crippen molar-refractivity contribution in [3.63, 3.8) is 0 Å². The van der Waals surface area contributed by atoms with Gasteiger partial charge in [0, 0.05) is 6.04 Å². The highest BCUT2D eigenvalue weighted by Gasteiger charge is 2.32. The molecule has 0 radical (unpaired) electrons. The molecule has 1 nitrogen and oxygen atoms in total. The molecule has 98 valence electrons. The largest absolute Gasteiger partial charge is 0.314 e. The highest BCUT2D eigenvalue weighted by molar-refractivity contribution is 5.20. The Balaban J connectivity index is 1.56. The SMILES string of the molecule is Fc1ccc(F)c(CC2CCC2CNC2CC2)c1. The molecule has 2 aliphatic carbocycles. The Morgan fingerprint density at radius 2 is 1.83 bits per heavy atom. The van der Waals surface area contributed by atoms with Crippen molar-refractivity contribution in [1.82, 2.24) is 5.32 Å². The fraction of sp³-hybridized carbons (Fsp3) is 0.600. The second-order valence-electron chi connectivity index (χ2n) is 5.72. The lowest BCUT2D eigenvalue weighted by molar-refractivity contribution is 0.169. The van der Waals surface area contributed by atoms with Gasteiger partial charge in [-0.15, -0.1) is 0 Å². The summed E-state index contributed by atoms with van der Waals surface area (Å²) in [5.74, 6) is 0.566. The van der Waals surface area contributed by atoms with Gasteiger partial charge < -0.3 is 5.32 Å². The first kappa shape index (κ1) is 12.1. The van der Waals surface area contributed by atoms with Gasteiger partial charge in [0.2, 0.25) is 0 Å². The highest BCUT2D eigenvalue weighted by atomic mass is 19.1. The molecule has 3 heteroatoms. The molecular weight excluding hydrogens is 232 g/mol. The summed E-state index contributed by atoms with van der Waals surface area (Å²) in [4.78, 5) is 0. The third-order valence-electron chi connectivity index (χ3n) is 4.31. The predicted octanol–water partition coefficient (Wildman–Crippen LogP) is 3.29. The van der Waals surface area contributed by atoms with Gasteiger partial charge in [0.05, 0.1) is 0 Å². The molecule has 3 rings (SSSR count). The molecule has 0 aromatic heterocycles. The van der Waals surface area contributed by atoms with Crippen LogP contribution in [0.4, 0.5) is 8.78 Å². The number of nitrogens with one attached hydrogen (secondary N) is 1. The van der Waals surface area contributed by atoms with Crippen molar-refractivity contribution >= 4 is 0 Å². The first-order valence-corrected chi connectivity index (χ1v) is 6.89. The van der Waals surface area contributed by atoms with Crippen molar-refractivity contribution in [2.75, 3.05) is 6.54 Å². The van der Waals surface area contributed by atoms with Crippen molar-refractivity contribution < 1.29 is 8.78 Å². The van der Waals surface area contributed by atoms with Crippen LogP contribution in [0.25, 0.3) is 0 Å². The highest BCUT2D eigenvalue weighted by Crippen LogP contribution is 2.37.